The molecular weight excluding hydrogens is 729 g/mol. The Morgan fingerprint density at radius 1 is 0.367 bits per heavy atom. The molecule has 4 aromatic rings. The lowest BCUT2D eigenvalue weighted by Gasteiger charge is -2.29. The zero-order chi connectivity index (χ0) is 41.5. The van der Waals surface area contributed by atoms with Crippen molar-refractivity contribution in [3.8, 4) is 0 Å². The van der Waals surface area contributed by atoms with E-state index >= 15 is 0 Å². The van der Waals surface area contributed by atoms with Crippen LogP contribution in [0.5, 0.6) is 0 Å². The third-order valence-electron chi connectivity index (χ3n) is 14.5. The van der Waals surface area contributed by atoms with Crippen molar-refractivity contribution in [3.63, 3.8) is 0 Å². The zero-order valence-electron chi connectivity index (χ0n) is 38.1. The summed E-state index contributed by atoms with van der Waals surface area (Å²) in [4.78, 5) is 0. The van der Waals surface area contributed by atoms with Gasteiger partial charge in [0, 0.05) is 0 Å². The van der Waals surface area contributed by atoms with Crippen molar-refractivity contribution in [2.24, 2.45) is 23.7 Å². The van der Waals surface area contributed by atoms with Gasteiger partial charge in [0.1, 0.15) is 12.2 Å². The number of aryl methyl sites for hydroxylation is 2. The Bertz CT molecular complexity index is 1520. The van der Waals surface area contributed by atoms with Gasteiger partial charge in [-0.3, -0.25) is 0 Å². The maximum Gasteiger partial charge on any atom is 0.113 e. The molecule has 0 bridgehead atoms. The molecule has 2 fully saturated rings. The summed E-state index contributed by atoms with van der Waals surface area (Å²) in [6.07, 6.45) is 33.2. The van der Waals surface area contributed by atoms with Crippen LogP contribution in [-0.2, 0) is 35.5 Å². The van der Waals surface area contributed by atoms with E-state index in [1.165, 1.54) is 176 Å². The highest BCUT2D eigenvalue weighted by molar-refractivity contribution is 5.27. The van der Waals surface area contributed by atoms with Crippen molar-refractivity contribution in [2.45, 2.75) is 193 Å². The molecule has 60 heavy (non-hydrogen) atoms. The predicted molar refractivity (Wildman–Crippen MR) is 255 cm³/mol. The van der Waals surface area contributed by atoms with Gasteiger partial charge < -0.3 is 9.47 Å². The van der Waals surface area contributed by atoms with Crippen LogP contribution in [0.25, 0.3) is 0 Å². The summed E-state index contributed by atoms with van der Waals surface area (Å²) in [5, 5.41) is 0. The second-order valence-corrected chi connectivity index (χ2v) is 19.2. The largest absolute Gasteiger partial charge is 0.366 e. The minimum Gasteiger partial charge on any atom is -0.366 e. The van der Waals surface area contributed by atoms with Crippen molar-refractivity contribution >= 4 is 0 Å². The predicted octanol–water partition coefficient (Wildman–Crippen LogP) is 17.1. The Morgan fingerprint density at radius 2 is 0.667 bits per heavy atom. The van der Waals surface area contributed by atoms with Crippen LogP contribution in [0.1, 0.15) is 201 Å². The van der Waals surface area contributed by atoms with Crippen molar-refractivity contribution in [1.82, 2.24) is 0 Å². The molecule has 0 saturated heterocycles. The summed E-state index contributed by atoms with van der Waals surface area (Å²) < 4.78 is 13.8. The summed E-state index contributed by atoms with van der Waals surface area (Å²) in [5.41, 5.74) is 7.60. The van der Waals surface area contributed by atoms with Gasteiger partial charge >= 0.3 is 0 Å². The molecule has 0 heterocycles. The second kappa shape index (κ2) is 27.0. The average molecular weight is 811 g/mol. The van der Waals surface area contributed by atoms with Crippen LogP contribution < -0.4 is 0 Å². The van der Waals surface area contributed by atoms with E-state index in [9.17, 15) is 0 Å². The van der Waals surface area contributed by atoms with E-state index in [1.54, 1.807) is 0 Å². The lowest BCUT2D eigenvalue weighted by atomic mass is 9.78. The van der Waals surface area contributed by atoms with Gasteiger partial charge in [-0.05, 0) is 82.7 Å². The first-order chi connectivity index (χ1) is 29.7. The highest BCUT2D eigenvalue weighted by atomic mass is 16.5. The fourth-order valence-corrected chi connectivity index (χ4v) is 10.5. The fourth-order valence-electron chi connectivity index (χ4n) is 10.5. The standard InChI is InChI=1S/C58H82O2/c1-3-5-9-19-47-29-33-49(34-30-47)21-15-17-23-51-37-41-53(42-38-51)45-59-57(55-25-11-7-12-26-55)58(56-27-13-8-14-28-56)60-46-54-43-39-52(40-44-54)24-18-16-22-50-35-31-48(32-36-50)20-10-6-4-2/h7-8,11-14,25-28,37-44,47-50,57-58H,3-6,9-10,15-24,29-36,45-46H2,1-2H3/t47-,48-,49-,50-,57-,58-/m1/s1. The smallest absolute Gasteiger partial charge is 0.113 e. The van der Waals surface area contributed by atoms with E-state index in [0.29, 0.717) is 13.2 Å². The summed E-state index contributed by atoms with van der Waals surface area (Å²) >= 11 is 0. The summed E-state index contributed by atoms with van der Waals surface area (Å²) in [5.74, 6) is 3.97. The number of hydrogen-bond donors (Lipinski definition) is 0. The van der Waals surface area contributed by atoms with E-state index in [0.717, 1.165) is 34.8 Å². The maximum atomic E-state index is 6.88. The molecule has 0 unspecified atom stereocenters. The van der Waals surface area contributed by atoms with Crippen LogP contribution in [0.15, 0.2) is 109 Å². The topological polar surface area (TPSA) is 18.5 Å². The zero-order valence-corrected chi connectivity index (χ0v) is 38.1. The van der Waals surface area contributed by atoms with Crippen LogP contribution in [0.4, 0.5) is 0 Å². The molecule has 2 saturated carbocycles. The quantitative estimate of drug-likeness (QED) is 0.0559. The summed E-state index contributed by atoms with van der Waals surface area (Å²) in [7, 11) is 0. The van der Waals surface area contributed by atoms with Gasteiger partial charge in [-0.15, -0.1) is 0 Å². The molecule has 2 aliphatic rings. The normalized spacial score (nSPS) is 20.5. The molecule has 2 aliphatic carbocycles. The Labute approximate surface area is 367 Å². The molecular formula is C58H82O2. The third kappa shape index (κ3) is 16.2. The second-order valence-electron chi connectivity index (χ2n) is 19.2. The highest BCUT2D eigenvalue weighted by Crippen LogP contribution is 2.38. The molecule has 2 heteroatoms. The monoisotopic (exact) mass is 811 g/mol. The highest BCUT2D eigenvalue weighted by Gasteiger charge is 2.27. The molecule has 0 N–H and O–H groups in total. The number of benzene rings is 4. The van der Waals surface area contributed by atoms with Gasteiger partial charge in [-0.2, -0.15) is 0 Å². The average Bonchev–Trinajstić information content (AvgIpc) is 3.30. The molecule has 0 spiro atoms. The van der Waals surface area contributed by atoms with Crippen LogP contribution in [0.3, 0.4) is 0 Å². The lowest BCUT2D eigenvalue weighted by Crippen LogP contribution is -2.18. The van der Waals surface area contributed by atoms with Crippen LogP contribution >= 0.6 is 0 Å². The van der Waals surface area contributed by atoms with E-state index in [1.807, 2.05) is 0 Å². The van der Waals surface area contributed by atoms with E-state index < -0.39 is 0 Å². The minimum atomic E-state index is -0.241. The maximum absolute atomic E-state index is 6.88. The molecule has 0 aromatic heterocycles. The van der Waals surface area contributed by atoms with Crippen molar-refractivity contribution in [3.05, 3.63) is 143 Å². The Balaban J connectivity index is 0.955. The number of unbranched alkanes of at least 4 members (excludes halogenated alkanes) is 6. The molecule has 2 nitrogen and oxygen atoms in total. The Hall–Kier alpha value is -3.20. The first kappa shape index (κ1) is 46.3. The van der Waals surface area contributed by atoms with Crippen LogP contribution in [-0.4, -0.2) is 0 Å². The van der Waals surface area contributed by atoms with Gasteiger partial charge in [0.2, 0.25) is 0 Å². The molecule has 4 aromatic carbocycles. The fraction of sp³-hybridized carbons (Fsp3) is 0.586. The van der Waals surface area contributed by atoms with Gasteiger partial charge in [0.25, 0.3) is 0 Å². The Morgan fingerprint density at radius 3 is 0.983 bits per heavy atom. The van der Waals surface area contributed by atoms with Crippen LogP contribution in [0.2, 0.25) is 0 Å². The van der Waals surface area contributed by atoms with Crippen LogP contribution in [0, 0.1) is 23.7 Å². The van der Waals surface area contributed by atoms with Gasteiger partial charge in [0.15, 0.2) is 0 Å². The summed E-state index contributed by atoms with van der Waals surface area (Å²) in [6.45, 7) is 5.73. The molecule has 0 radical (unpaired) electrons. The number of ether oxygens (including phenoxy) is 2. The summed E-state index contributed by atoms with van der Waals surface area (Å²) in [6, 6.07) is 39.7. The minimum absolute atomic E-state index is 0.241. The van der Waals surface area contributed by atoms with Crippen molar-refractivity contribution < 1.29 is 9.47 Å². The molecule has 0 aliphatic heterocycles. The van der Waals surface area contributed by atoms with E-state index in [-0.39, 0.29) is 12.2 Å². The lowest BCUT2D eigenvalue weighted by molar-refractivity contribution is -0.0908. The van der Waals surface area contributed by atoms with E-state index in [4.69, 9.17) is 9.47 Å². The molecule has 326 valence electrons. The molecule has 6 rings (SSSR count). The Kier molecular flexibility index (Phi) is 20.8. The first-order valence-electron chi connectivity index (χ1n) is 25.2. The van der Waals surface area contributed by atoms with Gasteiger partial charge in [-0.25, -0.2) is 0 Å². The van der Waals surface area contributed by atoms with E-state index in [2.05, 4.69) is 123 Å². The number of hydrogen-bond acceptors (Lipinski definition) is 2. The first-order valence-corrected chi connectivity index (χ1v) is 25.2. The van der Waals surface area contributed by atoms with Gasteiger partial charge in [-0.1, -0.05) is 251 Å². The molecule has 2 atom stereocenters. The SMILES string of the molecule is CCCCC[C@H]1CC[C@H](CCCCc2ccc(CO[C@H](c3ccccc3)[C@H](OCc3ccc(CCCC[C@H]4CC[C@H](CCCCC)CC4)cc3)c3ccccc3)cc2)CC1. The van der Waals surface area contributed by atoms with Gasteiger partial charge in [0.05, 0.1) is 13.2 Å². The number of rotatable bonds is 27. The molecule has 0 amide bonds. The third-order valence-corrected chi connectivity index (χ3v) is 14.5. The van der Waals surface area contributed by atoms with Crippen molar-refractivity contribution in [2.75, 3.05) is 0 Å². The van der Waals surface area contributed by atoms with Crippen molar-refractivity contribution in [1.29, 1.82) is 0 Å².